The molecular formula is C18H22BrNO3. The summed E-state index contributed by atoms with van der Waals surface area (Å²) in [6, 6.07) is 3.98. The largest absolute Gasteiger partial charge is 0.486 e. The molecule has 124 valence electrons. The van der Waals surface area contributed by atoms with Crippen LogP contribution in [-0.2, 0) is 4.79 Å². The molecule has 23 heavy (non-hydrogen) atoms. The van der Waals surface area contributed by atoms with Gasteiger partial charge in [0.25, 0.3) is 0 Å². The number of hydrogen-bond acceptors (Lipinski definition) is 3. The quantitative estimate of drug-likeness (QED) is 0.702. The summed E-state index contributed by atoms with van der Waals surface area (Å²) < 4.78 is 6.31. The zero-order valence-electron chi connectivity index (χ0n) is 13.8. The summed E-state index contributed by atoms with van der Waals surface area (Å²) >= 11 is 3.33. The Kier molecular flexibility index (Phi) is 4.25. The molecule has 0 saturated carbocycles. The number of piperidine rings is 1. The van der Waals surface area contributed by atoms with E-state index >= 15 is 0 Å². The molecule has 5 heteroatoms. The number of hydrogen-bond donors (Lipinski definition) is 0. The minimum absolute atomic E-state index is 0.106. The maximum absolute atomic E-state index is 12.6. The zero-order chi connectivity index (χ0) is 16.8. The molecule has 1 fully saturated rings. The number of rotatable bonds is 1. The molecule has 2 aliphatic heterocycles. The van der Waals surface area contributed by atoms with Crippen molar-refractivity contribution in [2.75, 3.05) is 13.1 Å². The van der Waals surface area contributed by atoms with E-state index in [0.29, 0.717) is 38.1 Å². The minimum atomic E-state index is -0.448. The van der Waals surface area contributed by atoms with Crippen molar-refractivity contribution in [3.63, 3.8) is 0 Å². The summed E-state index contributed by atoms with van der Waals surface area (Å²) in [4.78, 5) is 26.4. The van der Waals surface area contributed by atoms with E-state index in [4.69, 9.17) is 4.74 Å². The van der Waals surface area contributed by atoms with Gasteiger partial charge in [0.1, 0.15) is 11.4 Å². The number of likely N-dealkylation sites (tertiary alicyclic amines) is 1. The molecule has 0 N–H and O–H groups in total. The number of nitrogens with zero attached hydrogens (tertiary/aromatic N) is 1. The number of carbonyl (C=O) groups excluding carboxylic acids is 2. The number of Topliss-reactive ketones (excluding diaryl/α,β-unsaturated/α-hetero) is 1. The highest BCUT2D eigenvalue weighted by Crippen LogP contribution is 2.41. The van der Waals surface area contributed by atoms with Crippen LogP contribution in [0.25, 0.3) is 0 Å². The molecule has 0 aliphatic carbocycles. The second-order valence-corrected chi connectivity index (χ2v) is 8.15. The summed E-state index contributed by atoms with van der Waals surface area (Å²) in [5, 5.41) is 0. The second kappa shape index (κ2) is 5.93. The predicted octanol–water partition coefficient (Wildman–Crippen LogP) is 3.41. The van der Waals surface area contributed by atoms with Gasteiger partial charge in [-0.1, -0.05) is 22.0 Å². The van der Waals surface area contributed by atoms with Crippen LogP contribution in [0.4, 0.5) is 0 Å². The highest BCUT2D eigenvalue weighted by atomic mass is 79.9. The maximum Gasteiger partial charge on any atom is 0.236 e. The highest BCUT2D eigenvalue weighted by molar-refractivity contribution is 9.10. The van der Waals surface area contributed by atoms with E-state index in [0.717, 1.165) is 16.7 Å². The Morgan fingerprint density at radius 2 is 1.96 bits per heavy atom. The average Bonchev–Trinajstić information content (AvgIpc) is 2.45. The van der Waals surface area contributed by atoms with Gasteiger partial charge in [-0.15, -0.1) is 0 Å². The summed E-state index contributed by atoms with van der Waals surface area (Å²) in [6.07, 6.45) is 1.82. The number of aryl methyl sites for hydroxylation is 2. The topological polar surface area (TPSA) is 46.6 Å². The number of halogens is 1. The van der Waals surface area contributed by atoms with Crippen LogP contribution < -0.4 is 4.74 Å². The van der Waals surface area contributed by atoms with Crippen molar-refractivity contribution in [3.8, 4) is 5.75 Å². The second-order valence-electron chi connectivity index (χ2n) is 6.78. The van der Waals surface area contributed by atoms with Gasteiger partial charge in [-0.3, -0.25) is 9.59 Å². The van der Waals surface area contributed by atoms with Crippen LogP contribution in [-0.4, -0.2) is 40.1 Å². The van der Waals surface area contributed by atoms with Crippen LogP contribution in [0.5, 0.6) is 5.75 Å². The maximum atomic E-state index is 12.6. The lowest BCUT2D eigenvalue weighted by molar-refractivity contribution is -0.133. The predicted molar refractivity (Wildman–Crippen MR) is 92.4 cm³/mol. The molecule has 1 aromatic rings. The monoisotopic (exact) mass is 379 g/mol. The molecule has 0 aromatic heterocycles. The molecule has 0 bridgehead atoms. The fourth-order valence-corrected chi connectivity index (χ4v) is 3.97. The van der Waals surface area contributed by atoms with E-state index < -0.39 is 5.60 Å². The van der Waals surface area contributed by atoms with Crippen LogP contribution in [0.2, 0.25) is 0 Å². The van der Waals surface area contributed by atoms with E-state index in [1.54, 1.807) is 0 Å². The molecule has 2 aliphatic rings. The zero-order valence-corrected chi connectivity index (χ0v) is 15.4. The highest BCUT2D eigenvalue weighted by Gasteiger charge is 2.44. The van der Waals surface area contributed by atoms with Crippen molar-refractivity contribution in [1.82, 2.24) is 4.90 Å². The van der Waals surface area contributed by atoms with E-state index in [1.807, 2.05) is 37.8 Å². The Morgan fingerprint density at radius 3 is 2.57 bits per heavy atom. The van der Waals surface area contributed by atoms with Gasteiger partial charge < -0.3 is 9.64 Å². The Labute approximate surface area is 145 Å². The van der Waals surface area contributed by atoms with Gasteiger partial charge in [0.05, 0.1) is 16.8 Å². The van der Waals surface area contributed by atoms with E-state index in [2.05, 4.69) is 15.9 Å². The number of carbonyl (C=O) groups is 2. The third-order valence-electron chi connectivity index (χ3n) is 4.86. The normalized spacial score (nSPS) is 20.9. The minimum Gasteiger partial charge on any atom is -0.486 e. The SMILES string of the molecule is Cc1cc(C)c2c(c1)OC1(CCN(C(=O)C(C)Br)CC1)CC2=O. The van der Waals surface area contributed by atoms with Gasteiger partial charge in [-0.2, -0.15) is 0 Å². The first kappa shape index (κ1) is 16.5. The van der Waals surface area contributed by atoms with Crippen LogP contribution in [0.3, 0.4) is 0 Å². The molecule has 4 nitrogen and oxygen atoms in total. The van der Waals surface area contributed by atoms with Gasteiger partial charge in [-0.05, 0) is 38.0 Å². The fourth-order valence-electron chi connectivity index (χ4n) is 3.68. The van der Waals surface area contributed by atoms with Crippen LogP contribution in [0, 0.1) is 13.8 Å². The van der Waals surface area contributed by atoms with Crippen molar-refractivity contribution < 1.29 is 14.3 Å². The first-order chi connectivity index (χ1) is 10.8. The Balaban J connectivity index is 1.81. The first-order valence-electron chi connectivity index (χ1n) is 8.08. The van der Waals surface area contributed by atoms with Crippen molar-refractivity contribution in [2.24, 2.45) is 0 Å². The van der Waals surface area contributed by atoms with Crippen LogP contribution in [0.1, 0.15) is 47.7 Å². The molecule has 2 heterocycles. The molecule has 1 spiro atoms. The number of benzene rings is 1. The number of alkyl halides is 1. The molecule has 3 rings (SSSR count). The standard InChI is InChI=1S/C18H22BrNO3/c1-11-8-12(2)16-14(21)10-18(23-15(16)9-11)4-6-20(7-5-18)17(22)13(3)19/h8-9,13H,4-7,10H2,1-3H3. The lowest BCUT2D eigenvalue weighted by atomic mass is 9.81. The van der Waals surface area contributed by atoms with Crippen molar-refractivity contribution >= 4 is 27.6 Å². The smallest absolute Gasteiger partial charge is 0.236 e. The summed E-state index contributed by atoms with van der Waals surface area (Å²) in [7, 11) is 0. The Bertz CT molecular complexity index is 660. The molecule has 0 radical (unpaired) electrons. The van der Waals surface area contributed by atoms with Gasteiger partial charge in [-0.25, -0.2) is 0 Å². The fraction of sp³-hybridized carbons (Fsp3) is 0.556. The van der Waals surface area contributed by atoms with Gasteiger partial charge in [0.15, 0.2) is 5.78 Å². The number of ketones is 1. The van der Waals surface area contributed by atoms with Gasteiger partial charge in [0.2, 0.25) is 5.91 Å². The molecular weight excluding hydrogens is 358 g/mol. The molecule has 1 unspecified atom stereocenters. The lowest BCUT2D eigenvalue weighted by Crippen LogP contribution is -2.53. The van der Waals surface area contributed by atoms with E-state index in [-0.39, 0.29) is 16.5 Å². The van der Waals surface area contributed by atoms with Gasteiger partial charge in [0, 0.05) is 25.9 Å². The third kappa shape index (κ3) is 3.03. The van der Waals surface area contributed by atoms with Crippen molar-refractivity contribution in [3.05, 3.63) is 28.8 Å². The number of ether oxygens (including phenoxy) is 1. The van der Waals surface area contributed by atoms with Gasteiger partial charge >= 0.3 is 0 Å². The molecule has 1 amide bonds. The first-order valence-corrected chi connectivity index (χ1v) is 8.99. The van der Waals surface area contributed by atoms with Crippen molar-refractivity contribution in [1.29, 1.82) is 0 Å². The molecule has 1 atom stereocenters. The summed E-state index contributed by atoms with van der Waals surface area (Å²) in [6.45, 7) is 7.10. The summed E-state index contributed by atoms with van der Waals surface area (Å²) in [5.41, 5.74) is 2.37. The number of amides is 1. The Hall–Kier alpha value is -1.36. The van der Waals surface area contributed by atoms with Crippen LogP contribution >= 0.6 is 15.9 Å². The third-order valence-corrected chi connectivity index (χ3v) is 5.25. The number of fused-ring (bicyclic) bond motifs is 1. The molecule has 1 saturated heterocycles. The van der Waals surface area contributed by atoms with E-state index in [9.17, 15) is 9.59 Å². The van der Waals surface area contributed by atoms with Crippen molar-refractivity contribution in [2.45, 2.75) is 50.5 Å². The lowest BCUT2D eigenvalue weighted by Gasteiger charge is -2.44. The average molecular weight is 380 g/mol. The van der Waals surface area contributed by atoms with Crippen LogP contribution in [0.15, 0.2) is 12.1 Å². The summed E-state index contributed by atoms with van der Waals surface area (Å²) in [5.74, 6) is 0.985. The Morgan fingerprint density at radius 1 is 1.30 bits per heavy atom. The molecule has 1 aromatic carbocycles. The van der Waals surface area contributed by atoms with E-state index in [1.165, 1.54) is 0 Å².